The molecule has 136 valence electrons. The van der Waals surface area contributed by atoms with Crippen LogP contribution in [-0.2, 0) is 16.1 Å². The van der Waals surface area contributed by atoms with Gasteiger partial charge < -0.3 is 20.7 Å². The molecule has 8 heteroatoms. The quantitative estimate of drug-likeness (QED) is 0.547. The Hall–Kier alpha value is -1.67. The summed E-state index contributed by atoms with van der Waals surface area (Å²) in [6.07, 6.45) is -0.00711. The lowest BCUT2D eigenvalue weighted by atomic mass is 9.93. The first-order valence-electron chi connectivity index (χ1n) is 7.97. The lowest BCUT2D eigenvalue weighted by Gasteiger charge is -2.23. The average molecular weight is 356 g/mol. The van der Waals surface area contributed by atoms with Crippen LogP contribution in [0.5, 0.6) is 0 Å². The summed E-state index contributed by atoms with van der Waals surface area (Å²) in [5.41, 5.74) is 5.69. The summed E-state index contributed by atoms with van der Waals surface area (Å²) >= 11 is 1.59. The maximum atomic E-state index is 11.4. The van der Waals surface area contributed by atoms with E-state index in [9.17, 15) is 4.79 Å². The highest BCUT2D eigenvalue weighted by atomic mass is 32.1. The van der Waals surface area contributed by atoms with Crippen molar-refractivity contribution < 1.29 is 9.53 Å². The summed E-state index contributed by atoms with van der Waals surface area (Å²) in [5, 5.41) is 6.21. The van der Waals surface area contributed by atoms with Crippen molar-refractivity contribution in [3.8, 4) is 0 Å². The maximum Gasteiger partial charge on any atom is 0.224 e. The number of methoxy groups -OCH3 is 1. The van der Waals surface area contributed by atoms with E-state index in [2.05, 4.69) is 15.3 Å². The van der Waals surface area contributed by atoms with Gasteiger partial charge in [-0.05, 0) is 27.7 Å². The number of hydrogen-bond donors (Lipinski definition) is 2. The molecule has 1 aromatic heterocycles. The Bertz CT molecular complexity index is 571. The first-order chi connectivity index (χ1) is 11.2. The lowest BCUT2D eigenvalue weighted by Crippen LogP contribution is -2.41. The van der Waals surface area contributed by atoms with Crippen molar-refractivity contribution in [1.29, 1.82) is 0 Å². The van der Waals surface area contributed by atoms with E-state index < -0.39 is 5.41 Å². The maximum absolute atomic E-state index is 11.4. The third kappa shape index (κ3) is 5.76. The minimum atomic E-state index is -0.677. The fourth-order valence-corrected chi connectivity index (χ4v) is 2.66. The first kappa shape index (κ1) is 20.4. The number of hydrogen-bond acceptors (Lipinski definition) is 5. The predicted octanol–water partition coefficient (Wildman–Crippen LogP) is 1.76. The van der Waals surface area contributed by atoms with Crippen molar-refractivity contribution in [3.63, 3.8) is 0 Å². The van der Waals surface area contributed by atoms with Crippen LogP contribution in [0.3, 0.4) is 0 Å². The van der Waals surface area contributed by atoms with Crippen LogP contribution in [0.25, 0.3) is 0 Å². The molecule has 0 fully saturated rings. The monoisotopic (exact) mass is 355 g/mol. The predicted molar refractivity (Wildman–Crippen MR) is 98.0 cm³/mol. The van der Waals surface area contributed by atoms with Crippen LogP contribution in [0.1, 0.15) is 44.5 Å². The number of thiazole rings is 1. The summed E-state index contributed by atoms with van der Waals surface area (Å²) in [6, 6.07) is 0. The van der Waals surface area contributed by atoms with Gasteiger partial charge in [-0.15, -0.1) is 11.3 Å². The highest BCUT2D eigenvalue weighted by Gasteiger charge is 2.25. The van der Waals surface area contributed by atoms with Crippen LogP contribution in [-0.4, -0.2) is 49.0 Å². The zero-order valence-electron chi connectivity index (χ0n) is 15.4. The van der Waals surface area contributed by atoms with Gasteiger partial charge in [-0.25, -0.2) is 4.98 Å². The van der Waals surface area contributed by atoms with Crippen molar-refractivity contribution >= 4 is 23.2 Å². The second-order valence-electron chi connectivity index (χ2n) is 6.33. The van der Waals surface area contributed by atoms with E-state index in [1.54, 1.807) is 32.3 Å². The number of primary amides is 1. The van der Waals surface area contributed by atoms with E-state index in [-0.39, 0.29) is 12.0 Å². The molecule has 24 heavy (non-hydrogen) atoms. The van der Waals surface area contributed by atoms with Gasteiger partial charge in [-0.2, -0.15) is 0 Å². The van der Waals surface area contributed by atoms with Crippen LogP contribution in [0, 0.1) is 5.41 Å². The van der Waals surface area contributed by atoms with Crippen LogP contribution in [0.2, 0.25) is 0 Å². The Labute approximate surface area is 148 Å². The molecule has 0 spiro atoms. The highest BCUT2D eigenvalue weighted by Crippen LogP contribution is 2.21. The van der Waals surface area contributed by atoms with E-state index in [0.717, 1.165) is 23.2 Å². The molecule has 3 N–H and O–H groups in total. The van der Waals surface area contributed by atoms with Gasteiger partial charge in [0, 0.05) is 26.1 Å². The molecule has 1 unspecified atom stereocenters. The number of guanidine groups is 1. The van der Waals surface area contributed by atoms with Crippen LogP contribution in [0.15, 0.2) is 10.4 Å². The molecule has 7 nitrogen and oxygen atoms in total. The number of aromatic nitrogens is 1. The summed E-state index contributed by atoms with van der Waals surface area (Å²) in [6.45, 7) is 9.26. The minimum absolute atomic E-state index is 0.00711. The molecule has 1 amide bonds. The normalized spacial score (nSPS) is 13.7. The summed E-state index contributed by atoms with van der Waals surface area (Å²) < 4.78 is 5.29. The van der Waals surface area contributed by atoms with Crippen LogP contribution < -0.4 is 11.1 Å². The molecule has 0 saturated heterocycles. The number of aliphatic imine (C=N–C) groups is 1. The minimum Gasteiger partial charge on any atom is -0.375 e. The Kier molecular flexibility index (Phi) is 7.62. The molecule has 0 aliphatic heterocycles. The van der Waals surface area contributed by atoms with E-state index >= 15 is 0 Å². The standard InChI is InChI=1S/C16H29N5O2S/c1-7-18-15(19-10-16(3,4)14(17)22)21(5)8-12-9-24-13(20-12)11(2)23-6/h9,11H,7-8,10H2,1-6H3,(H2,17,22)(H,18,19). The van der Waals surface area contributed by atoms with Crippen molar-refractivity contribution in [3.05, 3.63) is 16.1 Å². The molecule has 0 saturated carbocycles. The molecule has 0 aliphatic rings. The Balaban J connectivity index is 2.81. The molecule has 0 aromatic carbocycles. The highest BCUT2D eigenvalue weighted by molar-refractivity contribution is 7.09. The number of rotatable bonds is 8. The van der Waals surface area contributed by atoms with Crippen LogP contribution >= 0.6 is 11.3 Å². The third-order valence-electron chi connectivity index (χ3n) is 3.66. The zero-order chi connectivity index (χ0) is 18.3. The fourth-order valence-electron chi connectivity index (χ4n) is 1.82. The fraction of sp³-hybridized carbons (Fsp3) is 0.688. The van der Waals surface area contributed by atoms with Gasteiger partial charge >= 0.3 is 0 Å². The topological polar surface area (TPSA) is 92.8 Å². The van der Waals surface area contributed by atoms with Crippen molar-refractivity contribution in [1.82, 2.24) is 15.2 Å². The van der Waals surface area contributed by atoms with Gasteiger partial charge in [-0.1, -0.05) is 0 Å². The molecule has 1 aromatic rings. The number of amides is 1. The molecule has 0 bridgehead atoms. The molecule has 1 heterocycles. The van der Waals surface area contributed by atoms with Gasteiger partial charge in [0.1, 0.15) is 11.1 Å². The first-order valence-corrected chi connectivity index (χ1v) is 8.85. The Morgan fingerprint density at radius 3 is 2.79 bits per heavy atom. The third-order valence-corrected chi connectivity index (χ3v) is 4.71. The number of nitrogens with zero attached hydrogens (tertiary/aromatic N) is 3. The van der Waals surface area contributed by atoms with E-state index in [0.29, 0.717) is 13.1 Å². The van der Waals surface area contributed by atoms with Crippen LogP contribution in [0.4, 0.5) is 0 Å². The Morgan fingerprint density at radius 2 is 2.25 bits per heavy atom. The van der Waals surface area contributed by atoms with Gasteiger partial charge in [0.25, 0.3) is 0 Å². The Morgan fingerprint density at radius 1 is 1.58 bits per heavy atom. The molecular weight excluding hydrogens is 326 g/mol. The van der Waals surface area contributed by atoms with E-state index in [4.69, 9.17) is 10.5 Å². The van der Waals surface area contributed by atoms with Gasteiger partial charge in [0.05, 0.1) is 24.2 Å². The lowest BCUT2D eigenvalue weighted by molar-refractivity contribution is -0.125. The number of carbonyl (C=O) groups is 1. The summed E-state index contributed by atoms with van der Waals surface area (Å²) in [7, 11) is 3.62. The second kappa shape index (κ2) is 8.98. The molecule has 0 aliphatic carbocycles. The molecule has 1 atom stereocenters. The van der Waals surface area contributed by atoms with Gasteiger partial charge in [-0.3, -0.25) is 9.79 Å². The average Bonchev–Trinajstić information content (AvgIpc) is 2.98. The smallest absolute Gasteiger partial charge is 0.224 e. The van der Waals surface area contributed by atoms with Gasteiger partial charge in [0.15, 0.2) is 5.96 Å². The number of nitrogens with one attached hydrogen (secondary N) is 1. The molecular formula is C16H29N5O2S. The largest absolute Gasteiger partial charge is 0.375 e. The van der Waals surface area contributed by atoms with Crippen molar-refractivity contribution in [2.45, 2.75) is 40.3 Å². The second-order valence-corrected chi connectivity index (χ2v) is 7.22. The summed E-state index contributed by atoms with van der Waals surface area (Å²) in [4.78, 5) is 22.6. The number of carbonyl (C=O) groups excluding carboxylic acids is 1. The number of ether oxygens (including phenoxy) is 1. The summed E-state index contributed by atoms with van der Waals surface area (Å²) in [5.74, 6) is 0.364. The molecule has 0 radical (unpaired) electrons. The number of nitrogens with two attached hydrogens (primary N) is 1. The van der Waals surface area contributed by atoms with Crippen molar-refractivity contribution in [2.24, 2.45) is 16.1 Å². The van der Waals surface area contributed by atoms with E-state index in [1.165, 1.54) is 0 Å². The van der Waals surface area contributed by atoms with E-state index in [1.807, 2.05) is 31.2 Å². The molecule has 1 rings (SSSR count). The SMILES string of the molecule is CCNC(=NCC(C)(C)C(N)=O)N(C)Cc1csc(C(C)OC)n1. The zero-order valence-corrected chi connectivity index (χ0v) is 16.2. The van der Waals surface area contributed by atoms with Gasteiger partial charge in [0.2, 0.25) is 5.91 Å². The van der Waals surface area contributed by atoms with Crippen molar-refractivity contribution in [2.75, 3.05) is 27.2 Å².